The second-order valence-corrected chi connectivity index (χ2v) is 6.89. The van der Waals surface area contributed by atoms with Crippen LogP contribution in [0.3, 0.4) is 0 Å². The summed E-state index contributed by atoms with van der Waals surface area (Å²) in [5.74, 6) is 0. The molecular formula is C20H42NO2+. The maximum atomic E-state index is 9.61. The van der Waals surface area contributed by atoms with Gasteiger partial charge in [-0.05, 0) is 12.8 Å². The largest absolute Gasteiger partial charge is 0.390 e. The highest BCUT2D eigenvalue weighted by molar-refractivity contribution is 4.91. The molecule has 0 saturated carbocycles. The first-order chi connectivity index (χ1) is 11.2. The lowest BCUT2D eigenvalue weighted by Crippen LogP contribution is -2.67. The number of rotatable bonds is 17. The number of hydrogen-bond acceptors (Lipinski definition) is 2. The van der Waals surface area contributed by atoms with Gasteiger partial charge in [-0.25, -0.2) is 0 Å². The Hall–Kier alpha value is -0.380. The minimum atomic E-state index is -0.609. The molecule has 0 aromatic heterocycles. The van der Waals surface area contributed by atoms with Gasteiger partial charge in [0.25, 0.3) is 0 Å². The summed E-state index contributed by atoms with van der Waals surface area (Å²) in [5.41, 5.74) is 3.69. The number of aliphatic hydroxyl groups excluding tert-OH is 2. The molecule has 2 atom stereocenters. The highest BCUT2D eigenvalue weighted by Gasteiger charge is 2.12. The molecule has 0 fully saturated rings. The molecule has 0 aliphatic heterocycles. The van der Waals surface area contributed by atoms with Crippen LogP contribution < -0.4 is 5.73 Å². The van der Waals surface area contributed by atoms with Crippen molar-refractivity contribution in [2.24, 2.45) is 0 Å². The van der Waals surface area contributed by atoms with Gasteiger partial charge in [-0.1, -0.05) is 96.1 Å². The summed E-state index contributed by atoms with van der Waals surface area (Å²) in [5, 5.41) is 18.5. The number of unbranched alkanes of at least 4 members (excludes halogenated alkanes) is 13. The summed E-state index contributed by atoms with van der Waals surface area (Å²) < 4.78 is 0. The smallest absolute Gasteiger partial charge is 0.138 e. The van der Waals surface area contributed by atoms with Gasteiger partial charge in [0.2, 0.25) is 0 Å². The Bertz CT molecular complexity index is 256. The molecule has 0 bridgehead atoms. The van der Waals surface area contributed by atoms with Crippen molar-refractivity contribution < 1.29 is 15.9 Å². The Morgan fingerprint density at radius 3 is 1.65 bits per heavy atom. The Labute approximate surface area is 144 Å². The van der Waals surface area contributed by atoms with Crippen molar-refractivity contribution in [3.63, 3.8) is 0 Å². The first kappa shape index (κ1) is 22.6. The van der Waals surface area contributed by atoms with Crippen molar-refractivity contribution in [3.05, 3.63) is 12.2 Å². The maximum Gasteiger partial charge on any atom is 0.138 e. The number of allylic oxidation sites excluding steroid dienone is 1. The molecular weight excluding hydrogens is 286 g/mol. The lowest BCUT2D eigenvalue weighted by Gasteiger charge is -2.08. The van der Waals surface area contributed by atoms with E-state index in [0.717, 1.165) is 6.42 Å². The summed E-state index contributed by atoms with van der Waals surface area (Å²) in [6.07, 6.45) is 22.1. The third-order valence-electron chi connectivity index (χ3n) is 4.53. The summed E-state index contributed by atoms with van der Waals surface area (Å²) >= 11 is 0. The molecule has 0 spiro atoms. The second-order valence-electron chi connectivity index (χ2n) is 6.89. The highest BCUT2D eigenvalue weighted by atomic mass is 16.3. The Balaban J connectivity index is 3.17. The van der Waals surface area contributed by atoms with E-state index in [-0.39, 0.29) is 12.6 Å². The van der Waals surface area contributed by atoms with E-state index in [9.17, 15) is 5.11 Å². The molecule has 138 valence electrons. The summed E-state index contributed by atoms with van der Waals surface area (Å²) in [6.45, 7) is 2.21. The van der Waals surface area contributed by atoms with Crippen molar-refractivity contribution in [1.82, 2.24) is 0 Å². The SMILES string of the molecule is CCCCCCCCCCCCCCC/C=C/[C@H](O)[C@H]([NH3+])CO. The fourth-order valence-corrected chi connectivity index (χ4v) is 2.78. The highest BCUT2D eigenvalue weighted by Crippen LogP contribution is 2.13. The summed E-state index contributed by atoms with van der Waals surface area (Å²) in [4.78, 5) is 0. The maximum absolute atomic E-state index is 9.61. The van der Waals surface area contributed by atoms with Crippen LogP contribution in [0, 0.1) is 0 Å². The van der Waals surface area contributed by atoms with Crippen LogP contribution in [0.5, 0.6) is 0 Å². The quantitative estimate of drug-likeness (QED) is 0.279. The first-order valence-electron chi connectivity index (χ1n) is 10.0. The lowest BCUT2D eigenvalue weighted by atomic mass is 10.0. The molecule has 0 heterocycles. The van der Waals surface area contributed by atoms with E-state index in [1.807, 2.05) is 6.08 Å². The van der Waals surface area contributed by atoms with Crippen LogP contribution in [0.2, 0.25) is 0 Å². The van der Waals surface area contributed by atoms with E-state index >= 15 is 0 Å². The molecule has 0 aromatic carbocycles. The number of aliphatic hydroxyl groups is 2. The van der Waals surface area contributed by atoms with Gasteiger partial charge >= 0.3 is 0 Å². The van der Waals surface area contributed by atoms with Gasteiger partial charge in [0, 0.05) is 0 Å². The predicted octanol–water partition coefficient (Wildman–Crippen LogP) is 3.99. The number of quaternary nitrogens is 1. The van der Waals surface area contributed by atoms with Crippen LogP contribution >= 0.6 is 0 Å². The molecule has 0 saturated heterocycles. The van der Waals surface area contributed by atoms with Crippen LogP contribution in [0.15, 0.2) is 12.2 Å². The summed E-state index contributed by atoms with van der Waals surface area (Å²) in [6, 6.07) is -0.308. The molecule has 0 unspecified atom stereocenters. The Morgan fingerprint density at radius 1 is 0.783 bits per heavy atom. The molecule has 0 aromatic rings. The van der Waals surface area contributed by atoms with E-state index in [0.29, 0.717) is 0 Å². The molecule has 0 amide bonds. The molecule has 0 rings (SSSR count). The van der Waals surface area contributed by atoms with Crippen molar-refractivity contribution >= 4 is 0 Å². The average Bonchev–Trinajstić information content (AvgIpc) is 2.57. The summed E-state index contributed by atoms with van der Waals surface area (Å²) in [7, 11) is 0. The number of hydrogen-bond donors (Lipinski definition) is 3. The zero-order chi connectivity index (χ0) is 17.2. The van der Waals surface area contributed by atoms with Gasteiger partial charge in [-0.3, -0.25) is 0 Å². The Morgan fingerprint density at radius 2 is 1.22 bits per heavy atom. The van der Waals surface area contributed by atoms with Gasteiger partial charge in [-0.15, -0.1) is 0 Å². The molecule has 3 heteroatoms. The van der Waals surface area contributed by atoms with Crippen molar-refractivity contribution in [1.29, 1.82) is 0 Å². The van der Waals surface area contributed by atoms with E-state index < -0.39 is 6.10 Å². The van der Waals surface area contributed by atoms with Crippen LogP contribution in [-0.4, -0.2) is 29.0 Å². The third kappa shape index (κ3) is 16.3. The monoisotopic (exact) mass is 328 g/mol. The van der Waals surface area contributed by atoms with Gasteiger partial charge < -0.3 is 15.9 Å². The molecule has 0 aliphatic rings. The van der Waals surface area contributed by atoms with Crippen LogP contribution in [0.4, 0.5) is 0 Å². The zero-order valence-corrected chi connectivity index (χ0v) is 15.5. The van der Waals surface area contributed by atoms with Crippen molar-refractivity contribution in [3.8, 4) is 0 Å². The van der Waals surface area contributed by atoms with Gasteiger partial charge in [0.05, 0.1) is 6.61 Å². The van der Waals surface area contributed by atoms with Crippen molar-refractivity contribution in [2.75, 3.05) is 6.61 Å². The van der Waals surface area contributed by atoms with Gasteiger partial charge in [-0.2, -0.15) is 0 Å². The predicted molar refractivity (Wildman–Crippen MR) is 99.2 cm³/mol. The van der Waals surface area contributed by atoms with E-state index in [1.165, 1.54) is 83.5 Å². The molecule has 0 radical (unpaired) electrons. The lowest BCUT2D eigenvalue weighted by molar-refractivity contribution is -0.438. The molecule has 0 aliphatic carbocycles. The standard InChI is InChI=1S/C20H41NO2/c1-2-3-4-5-6-7-8-9-10-11-12-13-14-15-16-17-20(23)19(21)18-22/h16-17,19-20,22-23H,2-15,18,21H2,1H3/p+1/b17-16+/t19-,20+/m1/s1. The second kappa shape index (κ2) is 18.0. The van der Waals surface area contributed by atoms with Gasteiger partial charge in [0.15, 0.2) is 0 Å². The minimum Gasteiger partial charge on any atom is -0.390 e. The third-order valence-corrected chi connectivity index (χ3v) is 4.53. The zero-order valence-electron chi connectivity index (χ0n) is 15.5. The molecule has 5 N–H and O–H groups in total. The fourth-order valence-electron chi connectivity index (χ4n) is 2.78. The van der Waals surface area contributed by atoms with Crippen molar-refractivity contribution in [2.45, 2.75) is 109 Å². The van der Waals surface area contributed by atoms with Crippen LogP contribution in [0.1, 0.15) is 96.8 Å². The molecule has 3 nitrogen and oxygen atoms in total. The van der Waals surface area contributed by atoms with E-state index in [1.54, 1.807) is 6.08 Å². The molecule has 23 heavy (non-hydrogen) atoms. The normalized spacial score (nSPS) is 14.4. The van der Waals surface area contributed by atoms with E-state index in [2.05, 4.69) is 12.7 Å². The minimum absolute atomic E-state index is 0.0652. The van der Waals surface area contributed by atoms with Crippen LogP contribution in [0.25, 0.3) is 0 Å². The Kier molecular flexibility index (Phi) is 17.7. The van der Waals surface area contributed by atoms with Crippen LogP contribution in [-0.2, 0) is 0 Å². The average molecular weight is 329 g/mol. The first-order valence-corrected chi connectivity index (χ1v) is 10.0. The topological polar surface area (TPSA) is 68.1 Å². The van der Waals surface area contributed by atoms with E-state index in [4.69, 9.17) is 5.11 Å². The fraction of sp³-hybridized carbons (Fsp3) is 0.900. The van der Waals surface area contributed by atoms with Gasteiger partial charge in [0.1, 0.15) is 12.1 Å².